The lowest BCUT2D eigenvalue weighted by molar-refractivity contribution is -0.410. The number of methoxy groups -OCH3 is 2. The van der Waals surface area contributed by atoms with E-state index in [1.165, 1.54) is 14.2 Å². The van der Waals surface area contributed by atoms with Gasteiger partial charge < -0.3 is 38.6 Å². The molecule has 9 nitrogen and oxygen atoms in total. The molecule has 0 aromatic heterocycles. The highest BCUT2D eigenvalue weighted by atomic mass is 16.9. The molecule has 2 bridgehead atoms. The zero-order valence-electron chi connectivity index (χ0n) is 21.3. The summed E-state index contributed by atoms with van der Waals surface area (Å²) in [6.07, 6.45) is -1.12. The molecule has 1 saturated carbocycles. The van der Waals surface area contributed by atoms with Crippen LogP contribution >= 0.6 is 0 Å². The Hall–Kier alpha value is -1.91. The quantitative estimate of drug-likeness (QED) is 0.603. The van der Waals surface area contributed by atoms with Crippen molar-refractivity contribution >= 4 is 5.97 Å². The molecule has 2 saturated heterocycles. The Balaban J connectivity index is 1.58. The maximum atomic E-state index is 12.6. The second-order valence-electron chi connectivity index (χ2n) is 11.6. The molecule has 5 aliphatic rings. The summed E-state index contributed by atoms with van der Waals surface area (Å²) in [5, 5.41) is 23.5. The Morgan fingerprint density at radius 2 is 1.71 bits per heavy atom. The number of aliphatic hydroxyl groups is 2. The summed E-state index contributed by atoms with van der Waals surface area (Å²) in [4.78, 5) is 12.6. The van der Waals surface area contributed by atoms with Gasteiger partial charge in [0.05, 0.1) is 25.7 Å². The third-order valence-corrected chi connectivity index (χ3v) is 9.77. The summed E-state index contributed by atoms with van der Waals surface area (Å²) >= 11 is 0. The number of aliphatic hydroxyl groups excluding tert-OH is 2. The molecule has 1 spiro atoms. The van der Waals surface area contributed by atoms with E-state index in [0.717, 1.165) is 16.7 Å². The molecule has 1 aliphatic carbocycles. The molecule has 2 N–H and O–H groups in total. The van der Waals surface area contributed by atoms with Crippen LogP contribution in [0, 0.1) is 18.3 Å². The van der Waals surface area contributed by atoms with Crippen molar-refractivity contribution in [3.05, 3.63) is 22.3 Å². The van der Waals surface area contributed by atoms with Crippen LogP contribution in [0.2, 0.25) is 0 Å². The van der Waals surface area contributed by atoms with Crippen LogP contribution in [0.25, 0.3) is 0 Å². The van der Waals surface area contributed by atoms with Crippen LogP contribution in [-0.2, 0) is 32.0 Å². The lowest BCUT2D eigenvalue weighted by Crippen LogP contribution is -2.80. The van der Waals surface area contributed by atoms with E-state index in [4.69, 9.17) is 28.4 Å². The van der Waals surface area contributed by atoms with Gasteiger partial charge >= 0.3 is 5.97 Å². The highest BCUT2D eigenvalue weighted by Gasteiger charge is 2.83. The third-order valence-electron chi connectivity index (χ3n) is 9.77. The summed E-state index contributed by atoms with van der Waals surface area (Å²) in [5.41, 5.74) is -1.24. The highest BCUT2D eigenvalue weighted by molar-refractivity contribution is 5.98. The predicted octanol–water partition coefficient (Wildman–Crippen LogP) is 2.38. The van der Waals surface area contributed by atoms with E-state index in [9.17, 15) is 15.0 Å². The maximum Gasteiger partial charge on any atom is 0.342 e. The lowest BCUT2D eigenvalue weighted by Gasteiger charge is -2.67. The fourth-order valence-electron chi connectivity index (χ4n) is 8.26. The average Bonchev–Trinajstić information content (AvgIpc) is 3.26. The van der Waals surface area contributed by atoms with Crippen LogP contribution < -0.4 is 9.47 Å². The fourth-order valence-corrected chi connectivity index (χ4v) is 8.26. The molecule has 192 valence electrons. The number of ether oxygens (including phenoxy) is 6. The molecule has 4 heterocycles. The summed E-state index contributed by atoms with van der Waals surface area (Å²) in [6.45, 7) is 9.78. The Kier molecular flexibility index (Phi) is 4.49. The second kappa shape index (κ2) is 6.69. The molecule has 7 atom stereocenters. The van der Waals surface area contributed by atoms with Crippen molar-refractivity contribution in [2.75, 3.05) is 14.2 Å². The van der Waals surface area contributed by atoms with Crippen LogP contribution in [0.1, 0.15) is 67.6 Å². The van der Waals surface area contributed by atoms with Crippen molar-refractivity contribution in [2.24, 2.45) is 11.3 Å². The van der Waals surface area contributed by atoms with Gasteiger partial charge in [0.15, 0.2) is 0 Å². The minimum atomic E-state index is -1.44. The van der Waals surface area contributed by atoms with Gasteiger partial charge in [-0.15, -0.1) is 0 Å². The van der Waals surface area contributed by atoms with Crippen molar-refractivity contribution in [1.82, 2.24) is 0 Å². The largest absolute Gasteiger partial charge is 0.495 e. The molecule has 0 unspecified atom stereocenters. The standard InChI is InChI=1S/C26H34O9/c1-12-14-11-32-21(29)18(14)20(30-6)13-8-15-23(4,33-19(12)13)9-17(28)26-22(2,3)34-25(31-7,35-26)10-16(27)24(15,26)5/h15-17,27-28H,8-11H2,1-7H3/t15-,16+,17+,23-,24+,25-,26+/m1/s1. The van der Waals surface area contributed by atoms with E-state index in [1.807, 2.05) is 34.6 Å². The van der Waals surface area contributed by atoms with Crippen molar-refractivity contribution in [3.63, 3.8) is 0 Å². The molecule has 0 radical (unpaired) electrons. The number of rotatable bonds is 2. The van der Waals surface area contributed by atoms with Gasteiger partial charge in [-0.3, -0.25) is 0 Å². The molecule has 1 aromatic carbocycles. The molecule has 4 aliphatic heterocycles. The lowest BCUT2D eigenvalue weighted by atomic mass is 9.45. The van der Waals surface area contributed by atoms with E-state index in [-0.39, 0.29) is 25.4 Å². The number of hydrogen-bond acceptors (Lipinski definition) is 9. The molecule has 35 heavy (non-hydrogen) atoms. The van der Waals surface area contributed by atoms with Crippen LogP contribution in [0.5, 0.6) is 11.5 Å². The summed E-state index contributed by atoms with van der Waals surface area (Å²) in [5.74, 6) is -1.05. The molecular formula is C26H34O9. The molecule has 1 aromatic rings. The van der Waals surface area contributed by atoms with Crippen LogP contribution in [0.4, 0.5) is 0 Å². The minimum absolute atomic E-state index is 0.0873. The van der Waals surface area contributed by atoms with Crippen molar-refractivity contribution < 1.29 is 43.4 Å². The van der Waals surface area contributed by atoms with E-state index in [2.05, 4.69) is 0 Å². The molecule has 3 fully saturated rings. The van der Waals surface area contributed by atoms with E-state index >= 15 is 0 Å². The van der Waals surface area contributed by atoms with Gasteiger partial charge in [0.25, 0.3) is 5.97 Å². The summed E-state index contributed by atoms with van der Waals surface area (Å²) in [6, 6.07) is 0. The van der Waals surface area contributed by atoms with Crippen LogP contribution in [-0.4, -0.2) is 65.4 Å². The molecule has 0 amide bonds. The Labute approximate surface area is 204 Å². The predicted molar refractivity (Wildman–Crippen MR) is 121 cm³/mol. The monoisotopic (exact) mass is 490 g/mol. The maximum absolute atomic E-state index is 12.6. The zero-order valence-corrected chi connectivity index (χ0v) is 21.3. The smallest absolute Gasteiger partial charge is 0.342 e. The van der Waals surface area contributed by atoms with E-state index in [1.54, 1.807) is 0 Å². The van der Waals surface area contributed by atoms with Gasteiger partial charge in [-0.05, 0) is 39.7 Å². The van der Waals surface area contributed by atoms with Gasteiger partial charge in [0.1, 0.15) is 40.5 Å². The zero-order chi connectivity index (χ0) is 25.3. The van der Waals surface area contributed by atoms with E-state index < -0.39 is 46.4 Å². The average molecular weight is 491 g/mol. The number of hydrogen-bond donors (Lipinski definition) is 2. The number of esters is 1. The third kappa shape index (κ3) is 2.44. The fraction of sp³-hybridized carbons (Fsp3) is 0.731. The molecule has 9 heteroatoms. The van der Waals surface area contributed by atoms with Crippen molar-refractivity contribution in [3.8, 4) is 11.5 Å². The first kappa shape index (κ1) is 23.5. The normalized spacial score (nSPS) is 44.5. The number of benzene rings is 1. The van der Waals surface area contributed by atoms with Crippen molar-refractivity contribution in [1.29, 1.82) is 0 Å². The summed E-state index contributed by atoms with van der Waals surface area (Å²) in [7, 11) is 3.02. The molecular weight excluding hydrogens is 456 g/mol. The highest BCUT2D eigenvalue weighted by Crippen LogP contribution is 2.70. The van der Waals surface area contributed by atoms with Gasteiger partial charge in [-0.1, -0.05) is 6.92 Å². The number of carbonyl (C=O) groups is 1. The van der Waals surface area contributed by atoms with Crippen LogP contribution in [0.15, 0.2) is 0 Å². The minimum Gasteiger partial charge on any atom is -0.495 e. The Bertz CT molecular complexity index is 1150. The van der Waals surface area contributed by atoms with Gasteiger partial charge in [0, 0.05) is 36.0 Å². The first-order valence-corrected chi connectivity index (χ1v) is 12.2. The molecule has 6 rings (SSSR count). The van der Waals surface area contributed by atoms with Gasteiger partial charge in [0.2, 0.25) is 0 Å². The second-order valence-corrected chi connectivity index (χ2v) is 11.6. The SMILES string of the molecule is COc1c2c(c(C)c3c1C(=O)OC3)O[C@]1(C)C[C@H](O)[C@@]34O[C@@](OC)(C[C@H](O)[C@]3(C)[C@@H]1C2)OC4(C)C. The van der Waals surface area contributed by atoms with Crippen molar-refractivity contribution in [2.45, 2.75) is 95.5 Å². The van der Waals surface area contributed by atoms with Crippen LogP contribution in [0.3, 0.4) is 0 Å². The number of carbonyl (C=O) groups excluding carboxylic acids is 1. The Morgan fingerprint density at radius 3 is 2.37 bits per heavy atom. The van der Waals surface area contributed by atoms with Gasteiger partial charge in [-0.25, -0.2) is 4.79 Å². The van der Waals surface area contributed by atoms with Gasteiger partial charge in [-0.2, -0.15) is 0 Å². The first-order chi connectivity index (χ1) is 16.3. The number of fused-ring (bicyclic) bond motifs is 5. The topological polar surface area (TPSA) is 113 Å². The van der Waals surface area contributed by atoms with E-state index in [0.29, 0.717) is 23.5 Å². The Morgan fingerprint density at radius 1 is 1.00 bits per heavy atom. The summed E-state index contributed by atoms with van der Waals surface area (Å²) < 4.78 is 36.4. The first-order valence-electron chi connectivity index (χ1n) is 12.2. The number of cyclic esters (lactones) is 1.